The number of amides is 3. The Hall–Kier alpha value is -2.76. The summed E-state index contributed by atoms with van der Waals surface area (Å²) in [6.07, 6.45) is 3.27. The molecule has 2 atom stereocenters. The van der Waals surface area contributed by atoms with E-state index in [0.29, 0.717) is 36.5 Å². The molecule has 2 unspecified atom stereocenters. The molecular formula is C21H25N3O3. The monoisotopic (exact) mass is 367 g/mol. The van der Waals surface area contributed by atoms with E-state index in [4.69, 9.17) is 10.2 Å². The molecule has 0 radical (unpaired) electrons. The zero-order valence-electron chi connectivity index (χ0n) is 15.5. The lowest BCUT2D eigenvalue weighted by Crippen LogP contribution is -2.32. The van der Waals surface area contributed by atoms with E-state index < -0.39 is 6.03 Å². The van der Waals surface area contributed by atoms with Crippen LogP contribution in [-0.2, 0) is 13.1 Å². The minimum Gasteiger partial charge on any atom is -0.464 e. The van der Waals surface area contributed by atoms with Crippen molar-refractivity contribution in [3.05, 3.63) is 59.0 Å². The highest BCUT2D eigenvalue weighted by Gasteiger charge is 2.37. The molecule has 3 amide bonds. The summed E-state index contributed by atoms with van der Waals surface area (Å²) >= 11 is 0. The van der Waals surface area contributed by atoms with E-state index in [-0.39, 0.29) is 5.91 Å². The van der Waals surface area contributed by atoms with Crippen molar-refractivity contribution < 1.29 is 14.0 Å². The number of nitrogens with two attached hydrogens (primary N) is 1. The second-order valence-electron chi connectivity index (χ2n) is 7.70. The third-order valence-corrected chi connectivity index (χ3v) is 5.40. The molecule has 0 aliphatic heterocycles. The fourth-order valence-corrected chi connectivity index (χ4v) is 3.44. The molecule has 0 bridgehead atoms. The lowest BCUT2D eigenvalue weighted by molar-refractivity contribution is 0.0716. The van der Waals surface area contributed by atoms with E-state index in [0.717, 1.165) is 29.9 Å². The topological polar surface area (TPSA) is 88.6 Å². The first-order chi connectivity index (χ1) is 13.0. The molecule has 2 saturated carbocycles. The molecule has 6 heteroatoms. The summed E-state index contributed by atoms with van der Waals surface area (Å²) in [6.45, 7) is 3.09. The summed E-state index contributed by atoms with van der Waals surface area (Å²) in [5, 5.41) is 2.54. The summed E-state index contributed by atoms with van der Waals surface area (Å²) in [6, 6.07) is 11.1. The van der Waals surface area contributed by atoms with E-state index in [1.54, 1.807) is 12.1 Å². The van der Waals surface area contributed by atoms with Crippen molar-refractivity contribution in [2.45, 2.75) is 51.2 Å². The molecular weight excluding hydrogens is 342 g/mol. The number of primary amides is 1. The van der Waals surface area contributed by atoms with Gasteiger partial charge in [-0.25, -0.2) is 4.79 Å². The van der Waals surface area contributed by atoms with Crippen molar-refractivity contribution in [3.8, 4) is 0 Å². The summed E-state index contributed by atoms with van der Waals surface area (Å²) < 4.78 is 6.00. The molecule has 0 spiro atoms. The summed E-state index contributed by atoms with van der Waals surface area (Å²) in [4.78, 5) is 25.7. The summed E-state index contributed by atoms with van der Waals surface area (Å²) in [5.74, 6) is 3.17. The fourth-order valence-electron chi connectivity index (χ4n) is 3.44. The standard InChI is InChI=1S/C21H25N3O3/c1-13-10-18(13)19-9-8-17(27-19)12-24(16-6-7-16)20(25)15-4-2-14(3-5-15)11-23-21(22)26/h2-5,8-9,13,16,18H,6-7,10-12H2,1H3,(H3,22,23,26). The van der Waals surface area contributed by atoms with Gasteiger partial charge in [-0.15, -0.1) is 0 Å². The van der Waals surface area contributed by atoms with Gasteiger partial charge in [-0.05, 0) is 55.0 Å². The molecule has 1 aromatic heterocycles. The molecule has 4 rings (SSSR count). The molecule has 2 fully saturated rings. The van der Waals surface area contributed by atoms with E-state index in [1.165, 1.54) is 6.42 Å². The van der Waals surface area contributed by atoms with Crippen LogP contribution in [0.3, 0.4) is 0 Å². The molecule has 6 nitrogen and oxygen atoms in total. The maximum Gasteiger partial charge on any atom is 0.312 e. The Morgan fingerprint density at radius 3 is 2.48 bits per heavy atom. The minimum atomic E-state index is -0.562. The Kier molecular flexibility index (Phi) is 4.64. The molecule has 3 N–H and O–H groups in total. The van der Waals surface area contributed by atoms with Gasteiger partial charge in [0.25, 0.3) is 5.91 Å². The fraction of sp³-hybridized carbons (Fsp3) is 0.429. The second kappa shape index (κ2) is 7.10. The Morgan fingerprint density at radius 1 is 1.19 bits per heavy atom. The van der Waals surface area contributed by atoms with Gasteiger partial charge in [-0.1, -0.05) is 19.1 Å². The number of nitrogens with one attached hydrogen (secondary N) is 1. The van der Waals surface area contributed by atoms with Crippen LogP contribution in [0.1, 0.15) is 59.5 Å². The number of nitrogens with zero attached hydrogens (tertiary/aromatic N) is 1. The van der Waals surface area contributed by atoms with Gasteiger partial charge in [0.2, 0.25) is 0 Å². The SMILES string of the molecule is CC1CC1c1ccc(CN(C(=O)c2ccc(CNC(N)=O)cc2)C2CC2)o1. The molecule has 1 aromatic carbocycles. The Labute approximate surface area is 158 Å². The average Bonchev–Trinajstić information content (AvgIpc) is 3.58. The molecule has 2 aromatic rings. The van der Waals surface area contributed by atoms with Gasteiger partial charge in [0, 0.05) is 24.1 Å². The van der Waals surface area contributed by atoms with Crippen LogP contribution in [0.15, 0.2) is 40.8 Å². The largest absolute Gasteiger partial charge is 0.464 e. The normalized spacial score (nSPS) is 20.9. The summed E-state index contributed by atoms with van der Waals surface area (Å²) in [5.41, 5.74) is 6.63. The maximum atomic E-state index is 13.0. The molecule has 1 heterocycles. The van der Waals surface area contributed by atoms with Crippen molar-refractivity contribution in [3.63, 3.8) is 0 Å². The third-order valence-electron chi connectivity index (χ3n) is 5.40. The maximum absolute atomic E-state index is 13.0. The van der Waals surface area contributed by atoms with Crippen LogP contribution in [0.4, 0.5) is 4.79 Å². The first-order valence-electron chi connectivity index (χ1n) is 9.53. The van der Waals surface area contributed by atoms with Crippen molar-refractivity contribution >= 4 is 11.9 Å². The van der Waals surface area contributed by atoms with Crippen LogP contribution >= 0.6 is 0 Å². The van der Waals surface area contributed by atoms with Gasteiger partial charge in [0.1, 0.15) is 11.5 Å². The van der Waals surface area contributed by atoms with E-state index in [1.807, 2.05) is 23.1 Å². The Bertz CT molecular complexity index is 839. The number of benzene rings is 1. The van der Waals surface area contributed by atoms with Crippen LogP contribution in [0.2, 0.25) is 0 Å². The molecule has 2 aliphatic rings. The first-order valence-corrected chi connectivity index (χ1v) is 9.53. The van der Waals surface area contributed by atoms with Crippen LogP contribution < -0.4 is 11.1 Å². The van der Waals surface area contributed by atoms with Crippen molar-refractivity contribution in [1.29, 1.82) is 0 Å². The van der Waals surface area contributed by atoms with E-state index in [2.05, 4.69) is 18.3 Å². The second-order valence-corrected chi connectivity index (χ2v) is 7.70. The highest BCUT2D eigenvalue weighted by atomic mass is 16.3. The van der Waals surface area contributed by atoms with Crippen molar-refractivity contribution in [2.75, 3.05) is 0 Å². The van der Waals surface area contributed by atoms with Crippen LogP contribution in [0.25, 0.3) is 0 Å². The average molecular weight is 367 g/mol. The first kappa shape index (κ1) is 17.6. The zero-order chi connectivity index (χ0) is 19.0. The Morgan fingerprint density at radius 2 is 1.89 bits per heavy atom. The van der Waals surface area contributed by atoms with Gasteiger partial charge < -0.3 is 20.4 Å². The van der Waals surface area contributed by atoms with Gasteiger partial charge in [-0.3, -0.25) is 4.79 Å². The van der Waals surface area contributed by atoms with Gasteiger partial charge in [0.15, 0.2) is 0 Å². The smallest absolute Gasteiger partial charge is 0.312 e. The van der Waals surface area contributed by atoms with Crippen molar-refractivity contribution in [2.24, 2.45) is 11.7 Å². The van der Waals surface area contributed by atoms with Crippen LogP contribution in [0.5, 0.6) is 0 Å². The number of hydrogen-bond acceptors (Lipinski definition) is 3. The number of hydrogen-bond donors (Lipinski definition) is 2. The van der Waals surface area contributed by atoms with Crippen LogP contribution in [-0.4, -0.2) is 22.9 Å². The van der Waals surface area contributed by atoms with Gasteiger partial charge >= 0.3 is 6.03 Å². The molecule has 2 aliphatic carbocycles. The number of carbonyl (C=O) groups excluding carboxylic acids is 2. The molecule has 142 valence electrons. The highest BCUT2D eigenvalue weighted by molar-refractivity contribution is 5.94. The quantitative estimate of drug-likeness (QED) is 0.786. The lowest BCUT2D eigenvalue weighted by Gasteiger charge is -2.21. The van der Waals surface area contributed by atoms with Crippen molar-refractivity contribution in [1.82, 2.24) is 10.2 Å². The minimum absolute atomic E-state index is 0.0182. The van der Waals surface area contributed by atoms with Gasteiger partial charge in [0.05, 0.1) is 6.54 Å². The molecule has 27 heavy (non-hydrogen) atoms. The van der Waals surface area contributed by atoms with E-state index in [9.17, 15) is 9.59 Å². The Balaban J connectivity index is 1.43. The number of carbonyl (C=O) groups is 2. The number of furan rings is 1. The number of urea groups is 1. The third kappa shape index (κ3) is 4.15. The predicted octanol–water partition coefficient (Wildman–Crippen LogP) is 3.38. The summed E-state index contributed by atoms with van der Waals surface area (Å²) in [7, 11) is 0. The van der Waals surface area contributed by atoms with Gasteiger partial charge in [-0.2, -0.15) is 0 Å². The van der Waals surface area contributed by atoms with E-state index >= 15 is 0 Å². The van der Waals surface area contributed by atoms with Crippen LogP contribution in [0, 0.1) is 5.92 Å². The highest BCUT2D eigenvalue weighted by Crippen LogP contribution is 2.47. The number of rotatable bonds is 7. The molecule has 0 saturated heterocycles. The zero-order valence-corrected chi connectivity index (χ0v) is 15.5. The lowest BCUT2D eigenvalue weighted by atomic mass is 10.1. The predicted molar refractivity (Wildman–Crippen MR) is 101 cm³/mol.